The molecule has 1 fully saturated rings. The summed E-state index contributed by atoms with van der Waals surface area (Å²) in [5.74, 6) is -0.206. The number of fused-ring (bicyclic) bond motifs is 1. The summed E-state index contributed by atoms with van der Waals surface area (Å²) in [6, 6.07) is 8.64. The maximum atomic E-state index is 13.7. The first-order valence-electron chi connectivity index (χ1n) is 8.58. The van der Waals surface area contributed by atoms with E-state index in [0.29, 0.717) is 16.7 Å². The van der Waals surface area contributed by atoms with Gasteiger partial charge in [0.15, 0.2) is 11.5 Å². The maximum absolute atomic E-state index is 13.7. The van der Waals surface area contributed by atoms with Crippen LogP contribution in [0.25, 0.3) is 11.2 Å². The van der Waals surface area contributed by atoms with Crippen molar-refractivity contribution < 1.29 is 19.7 Å². The molecule has 4 N–H and O–H groups in total. The summed E-state index contributed by atoms with van der Waals surface area (Å²) in [7, 11) is 0. The van der Waals surface area contributed by atoms with E-state index in [1.807, 2.05) is 0 Å². The Balaban J connectivity index is 1.99. The molecule has 0 saturated carbocycles. The Bertz CT molecular complexity index is 1010. The van der Waals surface area contributed by atoms with E-state index in [1.54, 1.807) is 36.6 Å². The first kappa shape index (κ1) is 18.8. The number of rotatable bonds is 5. The van der Waals surface area contributed by atoms with Gasteiger partial charge in [0.25, 0.3) is 0 Å². The molecule has 3 aromatic rings. The molecule has 1 aliphatic rings. The third kappa shape index (κ3) is 2.60. The molecule has 2 aromatic heterocycles. The smallest absolute Gasteiger partial charge is 0.227 e. The van der Waals surface area contributed by atoms with Crippen LogP contribution in [0.5, 0.6) is 0 Å². The van der Waals surface area contributed by atoms with Gasteiger partial charge in [0.1, 0.15) is 17.9 Å². The number of ketones is 1. The van der Waals surface area contributed by atoms with E-state index in [-0.39, 0.29) is 11.6 Å². The van der Waals surface area contributed by atoms with Gasteiger partial charge in [-0.3, -0.25) is 9.36 Å². The summed E-state index contributed by atoms with van der Waals surface area (Å²) >= 11 is 1.27. The van der Waals surface area contributed by atoms with Gasteiger partial charge in [0.2, 0.25) is 11.5 Å². The highest BCUT2D eigenvalue weighted by molar-refractivity contribution is 7.99. The van der Waals surface area contributed by atoms with Gasteiger partial charge >= 0.3 is 0 Å². The molecule has 3 heterocycles. The molecule has 1 saturated heterocycles. The van der Waals surface area contributed by atoms with Crippen molar-refractivity contribution in [2.45, 2.75) is 23.2 Å². The summed E-state index contributed by atoms with van der Waals surface area (Å²) in [6.07, 6.45) is 2.43. The fraction of sp³-hybridized carbons (Fsp3) is 0.333. The molecule has 146 valence electrons. The highest BCUT2D eigenvalue weighted by Crippen LogP contribution is 2.45. The average molecular weight is 401 g/mol. The number of thioether (sulfide) groups is 1. The highest BCUT2D eigenvalue weighted by atomic mass is 32.2. The van der Waals surface area contributed by atoms with Crippen molar-refractivity contribution in [2.75, 3.05) is 18.6 Å². The number of hydrogen-bond acceptors (Lipinski definition) is 9. The maximum Gasteiger partial charge on any atom is 0.227 e. The third-order valence-electron chi connectivity index (χ3n) is 4.92. The van der Waals surface area contributed by atoms with Crippen LogP contribution in [-0.4, -0.2) is 65.8 Å². The van der Waals surface area contributed by atoms with E-state index >= 15 is 0 Å². The van der Waals surface area contributed by atoms with Crippen molar-refractivity contribution in [3.05, 3.63) is 48.5 Å². The number of nitrogens with zero attached hydrogens (tertiary/aromatic N) is 4. The van der Waals surface area contributed by atoms with Crippen LogP contribution in [0.1, 0.15) is 10.4 Å². The molecule has 0 amide bonds. The number of Topliss-reactive ketones (excluding diaryl/α,β-unsaturated/α-hetero) is 1. The van der Waals surface area contributed by atoms with E-state index in [4.69, 9.17) is 10.5 Å². The molecule has 1 aromatic carbocycles. The topological polar surface area (TPSA) is 136 Å². The number of carbonyl (C=O) groups excluding carboxylic acids is 1. The molecule has 0 aliphatic carbocycles. The minimum atomic E-state index is -1.66. The number of benzene rings is 1. The highest BCUT2D eigenvalue weighted by Gasteiger charge is 2.61. The van der Waals surface area contributed by atoms with Crippen LogP contribution in [0.15, 0.2) is 43.0 Å². The second kappa shape index (κ2) is 7.13. The van der Waals surface area contributed by atoms with E-state index in [9.17, 15) is 15.0 Å². The lowest BCUT2D eigenvalue weighted by Gasteiger charge is -2.34. The van der Waals surface area contributed by atoms with Crippen LogP contribution in [0.2, 0.25) is 0 Å². The first-order valence-corrected chi connectivity index (χ1v) is 9.86. The van der Waals surface area contributed by atoms with Crippen molar-refractivity contribution in [1.82, 2.24) is 19.5 Å². The SMILES string of the molecule is CSC1[C@H](O)[C@@H](CO)O[C@@]1(C(=O)c1ccccc1)n1cnc2c(N)ncnc21. The zero-order valence-corrected chi connectivity index (χ0v) is 15.8. The minimum Gasteiger partial charge on any atom is -0.394 e. The van der Waals surface area contributed by atoms with E-state index < -0.39 is 29.8 Å². The predicted molar refractivity (Wildman–Crippen MR) is 104 cm³/mol. The van der Waals surface area contributed by atoms with E-state index in [2.05, 4.69) is 15.0 Å². The van der Waals surface area contributed by atoms with Crippen molar-refractivity contribution in [3.63, 3.8) is 0 Å². The summed E-state index contributed by atoms with van der Waals surface area (Å²) in [5, 5.41) is 19.8. The number of anilines is 1. The number of ether oxygens (including phenoxy) is 1. The minimum absolute atomic E-state index is 0.170. The molecule has 9 nitrogen and oxygen atoms in total. The number of imidazole rings is 1. The predicted octanol–water partition coefficient (Wildman–Crippen LogP) is 0.428. The number of hydrogen-bond donors (Lipinski definition) is 3. The standard InChI is InChI=1S/C18H19N5O4S/c1-28-15-13(25)11(7-24)27-18(15,14(26)10-5-3-2-4-6-10)23-9-22-12-16(19)20-8-21-17(12)23/h2-6,8-9,11,13,15,24-25H,7H2,1H3,(H2,19,20,21)/t11-,13-,15?,18-/m1/s1. The Morgan fingerprint density at radius 1 is 1.32 bits per heavy atom. The van der Waals surface area contributed by atoms with Gasteiger partial charge in [0, 0.05) is 5.56 Å². The van der Waals surface area contributed by atoms with Crippen LogP contribution in [-0.2, 0) is 10.5 Å². The lowest BCUT2D eigenvalue weighted by atomic mass is 9.95. The lowest BCUT2D eigenvalue weighted by Crippen LogP contribution is -2.50. The number of aliphatic hydroxyl groups is 2. The molecule has 28 heavy (non-hydrogen) atoms. The molecular formula is C18H19N5O4S. The van der Waals surface area contributed by atoms with Crippen LogP contribution < -0.4 is 5.73 Å². The van der Waals surface area contributed by atoms with Gasteiger partial charge < -0.3 is 20.7 Å². The van der Waals surface area contributed by atoms with Crippen molar-refractivity contribution >= 4 is 34.5 Å². The van der Waals surface area contributed by atoms with Crippen LogP contribution in [0.4, 0.5) is 5.82 Å². The van der Waals surface area contributed by atoms with Gasteiger partial charge in [-0.15, -0.1) is 0 Å². The van der Waals surface area contributed by atoms with Gasteiger partial charge in [-0.2, -0.15) is 11.8 Å². The second-order valence-corrected chi connectivity index (χ2v) is 7.40. The van der Waals surface area contributed by atoms with E-state index in [0.717, 1.165) is 0 Å². The Labute approximate surface area is 164 Å². The van der Waals surface area contributed by atoms with Gasteiger partial charge in [-0.1, -0.05) is 30.3 Å². The molecule has 0 radical (unpaired) electrons. The van der Waals surface area contributed by atoms with Gasteiger partial charge in [0.05, 0.1) is 24.3 Å². The lowest BCUT2D eigenvalue weighted by molar-refractivity contribution is -0.0891. The number of carbonyl (C=O) groups is 1. The molecular weight excluding hydrogens is 382 g/mol. The van der Waals surface area contributed by atoms with Crippen molar-refractivity contribution in [3.8, 4) is 0 Å². The van der Waals surface area contributed by atoms with Gasteiger partial charge in [-0.05, 0) is 6.26 Å². The van der Waals surface area contributed by atoms with Crippen LogP contribution in [0, 0.1) is 0 Å². The summed E-state index contributed by atoms with van der Waals surface area (Å²) < 4.78 is 7.56. The number of aromatic nitrogens is 4. The second-order valence-electron chi connectivity index (χ2n) is 6.42. The number of nitrogens with two attached hydrogens (primary N) is 1. The molecule has 10 heteroatoms. The fourth-order valence-electron chi connectivity index (χ4n) is 3.62. The zero-order chi connectivity index (χ0) is 19.9. The first-order chi connectivity index (χ1) is 13.5. The van der Waals surface area contributed by atoms with Crippen molar-refractivity contribution in [2.24, 2.45) is 0 Å². The Kier molecular flexibility index (Phi) is 4.79. The Morgan fingerprint density at radius 2 is 2.07 bits per heavy atom. The van der Waals surface area contributed by atoms with Crippen LogP contribution in [0.3, 0.4) is 0 Å². The fourth-order valence-corrected chi connectivity index (χ4v) is 4.67. The normalized spacial score (nSPS) is 27.3. The Hall–Kier alpha value is -2.53. The third-order valence-corrected chi connectivity index (χ3v) is 6.03. The monoisotopic (exact) mass is 401 g/mol. The molecule has 4 rings (SSSR count). The van der Waals surface area contributed by atoms with E-state index in [1.165, 1.54) is 29.0 Å². The quantitative estimate of drug-likeness (QED) is 0.520. The van der Waals surface area contributed by atoms with Gasteiger partial charge in [-0.25, -0.2) is 15.0 Å². The van der Waals surface area contributed by atoms with Crippen molar-refractivity contribution in [1.29, 1.82) is 0 Å². The summed E-state index contributed by atoms with van der Waals surface area (Å²) in [4.78, 5) is 26.1. The zero-order valence-electron chi connectivity index (χ0n) is 15.0. The molecule has 4 atom stereocenters. The molecule has 1 unspecified atom stereocenters. The molecule has 0 spiro atoms. The summed E-state index contributed by atoms with van der Waals surface area (Å²) in [5.41, 5.74) is 5.27. The number of nitrogen functional groups attached to an aromatic ring is 1. The average Bonchev–Trinajstić information content (AvgIpc) is 3.28. The largest absolute Gasteiger partial charge is 0.394 e. The van der Waals surface area contributed by atoms with Crippen LogP contribution >= 0.6 is 11.8 Å². The summed E-state index contributed by atoms with van der Waals surface area (Å²) in [6.45, 7) is -0.439. The molecule has 1 aliphatic heterocycles. The molecule has 0 bridgehead atoms. The number of aliphatic hydroxyl groups excluding tert-OH is 2. The Morgan fingerprint density at radius 3 is 2.75 bits per heavy atom.